The highest BCUT2D eigenvalue weighted by molar-refractivity contribution is 5.95. The molecule has 2 heterocycles. The van der Waals surface area contributed by atoms with Crippen molar-refractivity contribution < 1.29 is 19.1 Å². The zero-order chi connectivity index (χ0) is 17.1. The minimum atomic E-state index is -0.528. The number of benzene rings is 1. The first kappa shape index (κ1) is 16.0. The van der Waals surface area contributed by atoms with Crippen molar-refractivity contribution in [2.45, 2.75) is 19.5 Å². The zero-order valence-corrected chi connectivity index (χ0v) is 13.6. The van der Waals surface area contributed by atoms with Gasteiger partial charge in [-0.3, -0.25) is 4.79 Å². The molecule has 1 atom stereocenters. The van der Waals surface area contributed by atoms with Crippen LogP contribution in [0.2, 0.25) is 0 Å². The number of pyridine rings is 1. The average molecular weight is 326 g/mol. The minimum absolute atomic E-state index is 0.0785. The molecule has 0 saturated heterocycles. The summed E-state index contributed by atoms with van der Waals surface area (Å²) in [5.74, 6) is 0.130. The van der Waals surface area contributed by atoms with Crippen LogP contribution in [0.4, 0.5) is 0 Å². The molecule has 0 fully saturated rings. The lowest BCUT2D eigenvalue weighted by Crippen LogP contribution is -2.39. The van der Waals surface area contributed by atoms with Crippen molar-refractivity contribution in [3.05, 3.63) is 59.4 Å². The topological polar surface area (TPSA) is 68.7 Å². The number of ether oxygens (including phenoxy) is 2. The van der Waals surface area contributed by atoms with Crippen molar-refractivity contribution >= 4 is 11.9 Å². The van der Waals surface area contributed by atoms with Gasteiger partial charge in [-0.05, 0) is 25.1 Å². The van der Waals surface area contributed by atoms with E-state index in [2.05, 4.69) is 9.72 Å². The quantitative estimate of drug-likeness (QED) is 0.792. The second kappa shape index (κ2) is 6.70. The highest BCUT2D eigenvalue weighted by atomic mass is 16.5. The van der Waals surface area contributed by atoms with E-state index in [9.17, 15) is 9.59 Å². The second-order valence-electron chi connectivity index (χ2n) is 5.62. The zero-order valence-electron chi connectivity index (χ0n) is 13.6. The summed E-state index contributed by atoms with van der Waals surface area (Å²) in [6.45, 7) is 2.84. The molecule has 0 saturated carbocycles. The van der Waals surface area contributed by atoms with Crippen LogP contribution < -0.4 is 4.74 Å². The predicted octanol–water partition coefficient (Wildman–Crippen LogP) is 2.29. The van der Waals surface area contributed by atoms with Gasteiger partial charge in [0.25, 0.3) is 5.91 Å². The molecule has 1 unspecified atom stereocenters. The number of carbonyl (C=O) groups excluding carboxylic acids is 2. The largest absolute Gasteiger partial charge is 0.491 e. The molecule has 1 amide bonds. The molecule has 0 spiro atoms. The van der Waals surface area contributed by atoms with Crippen LogP contribution in [0.1, 0.15) is 33.3 Å². The van der Waals surface area contributed by atoms with Gasteiger partial charge in [-0.2, -0.15) is 0 Å². The number of hydrogen-bond donors (Lipinski definition) is 0. The molecule has 124 valence electrons. The molecular weight excluding hydrogens is 308 g/mol. The van der Waals surface area contributed by atoms with Gasteiger partial charge in [0.2, 0.25) is 0 Å². The van der Waals surface area contributed by atoms with Crippen LogP contribution in [0.5, 0.6) is 5.75 Å². The van der Waals surface area contributed by atoms with E-state index in [0.29, 0.717) is 18.7 Å². The van der Waals surface area contributed by atoms with Crippen LogP contribution in [0.3, 0.4) is 0 Å². The van der Waals surface area contributed by atoms with Crippen molar-refractivity contribution in [3.8, 4) is 5.75 Å². The first-order valence-corrected chi connectivity index (χ1v) is 7.66. The highest BCUT2D eigenvalue weighted by Gasteiger charge is 2.26. The van der Waals surface area contributed by atoms with Gasteiger partial charge in [-0.1, -0.05) is 18.2 Å². The lowest BCUT2D eigenvalue weighted by Gasteiger charge is -2.26. The molecule has 0 aliphatic carbocycles. The summed E-state index contributed by atoms with van der Waals surface area (Å²) in [7, 11) is 1.29. The Balaban J connectivity index is 1.84. The second-order valence-corrected chi connectivity index (χ2v) is 5.62. The van der Waals surface area contributed by atoms with Gasteiger partial charge < -0.3 is 14.4 Å². The maximum atomic E-state index is 12.8. The summed E-state index contributed by atoms with van der Waals surface area (Å²) in [5.41, 5.74) is 1.56. The van der Waals surface area contributed by atoms with E-state index in [-0.39, 0.29) is 17.6 Å². The number of fused-ring (bicyclic) bond motifs is 1. The summed E-state index contributed by atoms with van der Waals surface area (Å²) >= 11 is 0. The summed E-state index contributed by atoms with van der Waals surface area (Å²) in [6.07, 6.45) is 1.40. The number of rotatable bonds is 2. The third-order valence-corrected chi connectivity index (χ3v) is 3.99. The Morgan fingerprint density at radius 1 is 1.25 bits per heavy atom. The maximum Gasteiger partial charge on any atom is 0.356 e. The summed E-state index contributed by atoms with van der Waals surface area (Å²) < 4.78 is 10.4. The normalized spacial score (nSPS) is 16.6. The molecule has 0 radical (unpaired) electrons. The maximum absolute atomic E-state index is 12.8. The van der Waals surface area contributed by atoms with Gasteiger partial charge in [0.05, 0.1) is 25.3 Å². The average Bonchev–Trinajstić information content (AvgIpc) is 2.80. The lowest BCUT2D eigenvalue weighted by atomic mass is 10.1. The van der Waals surface area contributed by atoms with Crippen LogP contribution in [-0.4, -0.2) is 41.5 Å². The van der Waals surface area contributed by atoms with Gasteiger partial charge in [-0.15, -0.1) is 0 Å². The number of carbonyl (C=O) groups is 2. The summed E-state index contributed by atoms with van der Waals surface area (Å²) in [4.78, 5) is 30.0. The third kappa shape index (κ3) is 3.08. The summed E-state index contributed by atoms with van der Waals surface area (Å²) in [6, 6.07) is 10.7. The molecular formula is C18H18N2O4. The minimum Gasteiger partial charge on any atom is -0.491 e. The molecule has 0 bridgehead atoms. The molecule has 1 aromatic carbocycles. The summed E-state index contributed by atoms with van der Waals surface area (Å²) in [5, 5.41) is 0. The van der Waals surface area contributed by atoms with Gasteiger partial charge in [0.15, 0.2) is 0 Å². The van der Waals surface area contributed by atoms with E-state index in [0.717, 1.165) is 11.3 Å². The van der Waals surface area contributed by atoms with E-state index in [1.807, 2.05) is 31.2 Å². The SMILES string of the molecule is COC(=O)c1ccc(C(=O)N2Cc3ccccc3OCC2C)cn1. The molecule has 24 heavy (non-hydrogen) atoms. The van der Waals surface area contributed by atoms with E-state index in [1.54, 1.807) is 11.0 Å². The van der Waals surface area contributed by atoms with Crippen molar-refractivity contribution in [3.63, 3.8) is 0 Å². The van der Waals surface area contributed by atoms with Gasteiger partial charge in [0, 0.05) is 11.8 Å². The van der Waals surface area contributed by atoms with E-state index >= 15 is 0 Å². The van der Waals surface area contributed by atoms with Crippen molar-refractivity contribution in [1.29, 1.82) is 0 Å². The van der Waals surface area contributed by atoms with Gasteiger partial charge in [0.1, 0.15) is 18.1 Å². The van der Waals surface area contributed by atoms with Crippen LogP contribution in [0.15, 0.2) is 42.6 Å². The number of methoxy groups -OCH3 is 1. The first-order valence-electron chi connectivity index (χ1n) is 7.66. The number of amides is 1. The Kier molecular flexibility index (Phi) is 4.46. The highest BCUT2D eigenvalue weighted by Crippen LogP contribution is 2.25. The van der Waals surface area contributed by atoms with Gasteiger partial charge >= 0.3 is 5.97 Å². The Bertz CT molecular complexity index is 758. The number of hydrogen-bond acceptors (Lipinski definition) is 5. The van der Waals surface area contributed by atoms with E-state index in [4.69, 9.17) is 4.74 Å². The molecule has 0 N–H and O–H groups in total. The Labute approximate surface area is 140 Å². The predicted molar refractivity (Wildman–Crippen MR) is 86.8 cm³/mol. The number of nitrogens with zero attached hydrogens (tertiary/aromatic N) is 2. The van der Waals surface area contributed by atoms with Crippen LogP contribution in [0.25, 0.3) is 0 Å². The molecule has 6 heteroatoms. The standard InChI is InChI=1S/C18H18N2O4/c1-12-11-24-16-6-4-3-5-14(16)10-20(12)17(21)13-7-8-15(19-9-13)18(22)23-2/h3-9,12H,10-11H2,1-2H3. The van der Waals surface area contributed by atoms with Crippen LogP contribution in [0, 0.1) is 0 Å². The lowest BCUT2D eigenvalue weighted by molar-refractivity contribution is 0.0590. The fourth-order valence-electron chi connectivity index (χ4n) is 2.60. The third-order valence-electron chi connectivity index (χ3n) is 3.99. The van der Waals surface area contributed by atoms with Crippen LogP contribution in [-0.2, 0) is 11.3 Å². The van der Waals surface area contributed by atoms with Crippen LogP contribution >= 0.6 is 0 Å². The van der Waals surface area contributed by atoms with Crippen molar-refractivity contribution in [2.24, 2.45) is 0 Å². The molecule has 3 rings (SSSR count). The van der Waals surface area contributed by atoms with Crippen molar-refractivity contribution in [1.82, 2.24) is 9.88 Å². The molecule has 1 aromatic heterocycles. The number of para-hydroxylation sites is 1. The molecule has 1 aliphatic rings. The molecule has 1 aliphatic heterocycles. The van der Waals surface area contributed by atoms with Gasteiger partial charge in [-0.25, -0.2) is 9.78 Å². The smallest absolute Gasteiger partial charge is 0.356 e. The monoisotopic (exact) mass is 326 g/mol. The van der Waals surface area contributed by atoms with E-state index in [1.165, 1.54) is 19.4 Å². The van der Waals surface area contributed by atoms with Crippen molar-refractivity contribution in [2.75, 3.05) is 13.7 Å². The fourth-order valence-corrected chi connectivity index (χ4v) is 2.60. The molecule has 6 nitrogen and oxygen atoms in total. The Morgan fingerprint density at radius 2 is 2.04 bits per heavy atom. The Morgan fingerprint density at radius 3 is 2.75 bits per heavy atom. The first-order chi connectivity index (χ1) is 11.6. The molecule has 2 aromatic rings. The number of aromatic nitrogens is 1. The fraction of sp³-hybridized carbons (Fsp3) is 0.278. The Hall–Kier alpha value is -2.89. The number of esters is 1. The van der Waals surface area contributed by atoms with E-state index < -0.39 is 5.97 Å².